The third-order valence-corrected chi connectivity index (χ3v) is 7.71. The van der Waals surface area contributed by atoms with Crippen molar-refractivity contribution in [1.82, 2.24) is 29.8 Å². The van der Waals surface area contributed by atoms with E-state index in [0.29, 0.717) is 47.3 Å². The fourth-order valence-corrected chi connectivity index (χ4v) is 5.33. The van der Waals surface area contributed by atoms with E-state index < -0.39 is 17.4 Å². The van der Waals surface area contributed by atoms with Crippen LogP contribution in [0.25, 0.3) is 22.5 Å². The molecule has 46 heavy (non-hydrogen) atoms. The van der Waals surface area contributed by atoms with Crippen molar-refractivity contribution in [2.75, 3.05) is 0 Å². The number of benzene rings is 3. The number of H-pyrrole nitrogens is 1. The number of rotatable bonds is 11. The van der Waals surface area contributed by atoms with Gasteiger partial charge < -0.3 is 4.52 Å². The van der Waals surface area contributed by atoms with Gasteiger partial charge in [0.15, 0.2) is 23.3 Å². The molecule has 0 unspecified atom stereocenters. The van der Waals surface area contributed by atoms with Crippen LogP contribution in [0.1, 0.15) is 59.7 Å². The van der Waals surface area contributed by atoms with E-state index in [9.17, 15) is 18.4 Å². The summed E-state index contributed by atoms with van der Waals surface area (Å²) in [5.74, 6) is -0.948. The van der Waals surface area contributed by atoms with Crippen LogP contribution in [0.4, 0.5) is 8.78 Å². The van der Waals surface area contributed by atoms with E-state index in [-0.39, 0.29) is 24.3 Å². The van der Waals surface area contributed by atoms with Gasteiger partial charge in [-0.3, -0.25) is 18.9 Å². The normalized spacial score (nSPS) is 11.3. The summed E-state index contributed by atoms with van der Waals surface area (Å²) < 4.78 is 38.8. The van der Waals surface area contributed by atoms with Crippen LogP contribution in [0.15, 0.2) is 85.4 Å². The fraction of sp³-hybridized carbons (Fsp3) is 0.235. The molecule has 0 aliphatic carbocycles. The highest BCUT2D eigenvalue weighted by Crippen LogP contribution is 2.30. The maximum Gasteiger partial charge on any atom is 0.439 e. The van der Waals surface area contributed by atoms with Gasteiger partial charge in [-0.15, -0.1) is 0 Å². The fourth-order valence-electron chi connectivity index (χ4n) is 5.33. The Kier molecular flexibility index (Phi) is 8.77. The van der Waals surface area contributed by atoms with Crippen molar-refractivity contribution in [1.29, 1.82) is 0 Å². The van der Waals surface area contributed by atoms with E-state index in [0.717, 1.165) is 47.2 Å². The quantitative estimate of drug-likeness (QED) is 0.191. The minimum absolute atomic E-state index is 0.0797. The second-order valence-corrected chi connectivity index (χ2v) is 11.0. The first-order valence-electron chi connectivity index (χ1n) is 14.9. The Morgan fingerprint density at radius 2 is 1.61 bits per heavy atom. The molecule has 0 saturated heterocycles. The molecule has 0 aliphatic heterocycles. The summed E-state index contributed by atoms with van der Waals surface area (Å²) in [6.45, 7) is 4.19. The lowest BCUT2D eigenvalue weighted by Gasteiger charge is -2.16. The van der Waals surface area contributed by atoms with Gasteiger partial charge in [-0.1, -0.05) is 78.3 Å². The number of aromatic nitrogens is 6. The molecule has 0 amide bonds. The molecule has 0 spiro atoms. The van der Waals surface area contributed by atoms with Crippen LogP contribution in [0.3, 0.4) is 0 Å². The second kappa shape index (κ2) is 13.2. The van der Waals surface area contributed by atoms with Crippen molar-refractivity contribution in [3.05, 3.63) is 139 Å². The average Bonchev–Trinajstić information content (AvgIpc) is 3.70. The van der Waals surface area contributed by atoms with E-state index in [1.54, 1.807) is 11.5 Å². The van der Waals surface area contributed by atoms with Crippen LogP contribution in [0.2, 0.25) is 0 Å². The van der Waals surface area contributed by atoms with Gasteiger partial charge >= 0.3 is 5.76 Å². The minimum Gasteiger partial charge on any atom is -0.339 e. The maximum absolute atomic E-state index is 14.0. The maximum atomic E-state index is 14.0. The summed E-state index contributed by atoms with van der Waals surface area (Å²) in [6, 6.07) is 19.0. The van der Waals surface area contributed by atoms with Crippen molar-refractivity contribution in [2.24, 2.45) is 0 Å². The summed E-state index contributed by atoms with van der Waals surface area (Å²) in [5, 5.41) is 7.80. The van der Waals surface area contributed by atoms with Gasteiger partial charge in [0.2, 0.25) is 5.89 Å². The van der Waals surface area contributed by atoms with Gasteiger partial charge in [0.1, 0.15) is 5.82 Å². The molecule has 0 atom stereocenters. The zero-order chi connectivity index (χ0) is 32.2. The van der Waals surface area contributed by atoms with Crippen LogP contribution in [-0.2, 0) is 25.8 Å². The molecule has 6 aromatic rings. The molecule has 10 nitrogen and oxygen atoms in total. The van der Waals surface area contributed by atoms with Crippen LogP contribution in [0.5, 0.6) is 0 Å². The number of unbranched alkanes of at least 4 members (excludes halogenated alkanes) is 1. The van der Waals surface area contributed by atoms with Gasteiger partial charge in [-0.05, 0) is 47.7 Å². The van der Waals surface area contributed by atoms with Crippen LogP contribution < -0.4 is 11.3 Å². The van der Waals surface area contributed by atoms with Gasteiger partial charge in [0.25, 0.3) is 5.56 Å². The predicted octanol–water partition coefficient (Wildman–Crippen LogP) is 5.80. The Morgan fingerprint density at radius 1 is 0.848 bits per heavy atom. The Bertz CT molecular complexity index is 2110. The number of hydrogen-bond donors (Lipinski definition) is 1. The topological polar surface area (TPSA) is 133 Å². The van der Waals surface area contributed by atoms with E-state index in [1.807, 2.05) is 48.5 Å². The van der Waals surface area contributed by atoms with Gasteiger partial charge in [0.05, 0.1) is 13.0 Å². The highest BCUT2D eigenvalue weighted by atomic mass is 19.2. The number of hydrogen-bond acceptors (Lipinski definition) is 8. The summed E-state index contributed by atoms with van der Waals surface area (Å²) in [6.07, 6.45) is 2.70. The van der Waals surface area contributed by atoms with Gasteiger partial charge in [-0.25, -0.2) is 18.6 Å². The molecular formula is C34H30F2N6O4. The van der Waals surface area contributed by atoms with Crippen molar-refractivity contribution in [3.63, 3.8) is 0 Å². The standard InChI is InChI=1S/C34H30F2N6O4/c1-3-4-9-30-37-20(2)26(18-31-38-29(40-45-31)17-22-12-15-27(35)28(36)16-22)33(43)42(30)19-21-10-13-23(14-11-21)24-7-5-6-8-25(24)32-39-34(44)46-41-32/h5-8,10-16H,3-4,9,17-19H2,1-2H3,(H,39,41,44). The Balaban J connectivity index is 1.26. The lowest BCUT2D eigenvalue weighted by molar-refractivity contribution is 0.379. The number of nitrogens with one attached hydrogen (secondary N) is 1. The SMILES string of the molecule is CCCCc1nc(C)c(Cc2nc(Cc3ccc(F)c(F)c3)no2)c(=O)n1Cc1ccc(-c2ccccc2-c2noc(=O)[nH]2)cc1. The van der Waals surface area contributed by atoms with Crippen LogP contribution in [-0.4, -0.2) is 29.8 Å². The minimum atomic E-state index is -0.949. The molecule has 12 heteroatoms. The molecule has 0 radical (unpaired) electrons. The third kappa shape index (κ3) is 6.60. The van der Waals surface area contributed by atoms with E-state index in [2.05, 4.69) is 27.2 Å². The zero-order valence-corrected chi connectivity index (χ0v) is 25.2. The number of nitrogens with zero attached hydrogens (tertiary/aromatic N) is 5. The van der Waals surface area contributed by atoms with E-state index in [1.165, 1.54) is 6.07 Å². The van der Waals surface area contributed by atoms with Crippen LogP contribution in [0, 0.1) is 18.6 Å². The van der Waals surface area contributed by atoms with Gasteiger partial charge in [0, 0.05) is 29.7 Å². The highest BCUT2D eigenvalue weighted by Gasteiger charge is 2.19. The molecule has 234 valence electrons. The second-order valence-electron chi connectivity index (χ2n) is 11.0. The molecule has 6 rings (SSSR count). The predicted molar refractivity (Wildman–Crippen MR) is 165 cm³/mol. The number of halogens is 2. The molecule has 3 aromatic carbocycles. The summed E-state index contributed by atoms with van der Waals surface area (Å²) in [7, 11) is 0. The first-order chi connectivity index (χ1) is 22.3. The van der Waals surface area contributed by atoms with E-state index in [4.69, 9.17) is 14.0 Å². The molecule has 1 N–H and O–H groups in total. The Labute approximate surface area is 261 Å². The molecule has 0 aliphatic rings. The van der Waals surface area contributed by atoms with Crippen molar-refractivity contribution >= 4 is 0 Å². The molecule has 0 saturated carbocycles. The van der Waals surface area contributed by atoms with Gasteiger partial charge in [-0.2, -0.15) is 4.98 Å². The largest absolute Gasteiger partial charge is 0.439 e. The Hall–Kier alpha value is -5.52. The monoisotopic (exact) mass is 624 g/mol. The lowest BCUT2D eigenvalue weighted by Crippen LogP contribution is -2.30. The molecular weight excluding hydrogens is 594 g/mol. The summed E-state index contributed by atoms with van der Waals surface area (Å²) in [5.41, 5.74) is 4.72. The number of aromatic amines is 1. The molecule has 3 aromatic heterocycles. The van der Waals surface area contributed by atoms with E-state index >= 15 is 0 Å². The molecule has 0 fully saturated rings. The molecule has 3 heterocycles. The Morgan fingerprint density at radius 3 is 2.33 bits per heavy atom. The smallest absolute Gasteiger partial charge is 0.339 e. The van der Waals surface area contributed by atoms with Crippen molar-refractivity contribution < 1.29 is 17.8 Å². The first kappa shape index (κ1) is 30.5. The van der Waals surface area contributed by atoms with Crippen molar-refractivity contribution in [2.45, 2.75) is 52.5 Å². The molecule has 0 bridgehead atoms. The van der Waals surface area contributed by atoms with Crippen molar-refractivity contribution in [3.8, 4) is 22.5 Å². The number of aryl methyl sites for hydroxylation is 2. The lowest BCUT2D eigenvalue weighted by atomic mass is 9.98. The first-order valence-corrected chi connectivity index (χ1v) is 14.9. The summed E-state index contributed by atoms with van der Waals surface area (Å²) >= 11 is 0. The highest BCUT2D eigenvalue weighted by molar-refractivity contribution is 5.80. The average molecular weight is 625 g/mol. The zero-order valence-electron chi connectivity index (χ0n) is 25.2. The third-order valence-electron chi connectivity index (χ3n) is 7.71. The van der Waals surface area contributed by atoms with Crippen LogP contribution >= 0.6 is 0 Å². The summed E-state index contributed by atoms with van der Waals surface area (Å²) in [4.78, 5) is 37.3.